The Hall–Kier alpha value is -0.580. The third-order valence-corrected chi connectivity index (χ3v) is 2.74. The Bertz CT molecular complexity index is 344. The van der Waals surface area contributed by atoms with Crippen LogP contribution in [0.3, 0.4) is 0 Å². The molecule has 0 aliphatic carbocycles. The van der Waals surface area contributed by atoms with Gasteiger partial charge >= 0.3 is 0 Å². The van der Waals surface area contributed by atoms with E-state index in [0.29, 0.717) is 18.7 Å². The number of nitrogens with one attached hydrogen (secondary N) is 1. The molecular weight excluding hydrogens is 279 g/mol. The molecule has 0 radical (unpaired) electrons. The highest BCUT2D eigenvalue weighted by Crippen LogP contribution is 2.16. The molecule has 1 aromatic rings. The normalized spacial score (nSPS) is 9.27. The Balaban J connectivity index is 0.00000196. The van der Waals surface area contributed by atoms with Crippen LogP contribution in [0.15, 0.2) is 22.7 Å². The number of carbonyl (C=O) groups excluding carboxylic acids is 1. The lowest BCUT2D eigenvalue weighted by atomic mass is 10.1. The summed E-state index contributed by atoms with van der Waals surface area (Å²) in [7, 11) is 0. The van der Waals surface area contributed by atoms with Crippen LogP contribution in [0.5, 0.6) is 0 Å². The van der Waals surface area contributed by atoms with Crippen molar-refractivity contribution in [3.63, 3.8) is 0 Å². The molecule has 0 heterocycles. The number of benzene rings is 1. The highest BCUT2D eigenvalue weighted by molar-refractivity contribution is 9.10. The number of amides is 1. The lowest BCUT2D eigenvalue weighted by molar-refractivity contribution is 0.0954. The molecular formula is C10H14BrClN2O. The van der Waals surface area contributed by atoms with Gasteiger partial charge in [0.2, 0.25) is 0 Å². The molecule has 1 aromatic carbocycles. The van der Waals surface area contributed by atoms with Gasteiger partial charge in [-0.05, 0) is 30.7 Å². The second kappa shape index (κ2) is 6.82. The molecule has 1 rings (SSSR count). The van der Waals surface area contributed by atoms with Gasteiger partial charge in [-0.15, -0.1) is 12.4 Å². The number of carbonyl (C=O) groups is 1. The van der Waals surface area contributed by atoms with Crippen molar-refractivity contribution in [3.8, 4) is 0 Å². The van der Waals surface area contributed by atoms with Crippen LogP contribution in [0.1, 0.15) is 15.9 Å². The van der Waals surface area contributed by atoms with Gasteiger partial charge in [0.15, 0.2) is 0 Å². The number of rotatable bonds is 3. The number of nitrogens with two attached hydrogens (primary N) is 1. The largest absolute Gasteiger partial charge is 0.351 e. The molecule has 0 fully saturated rings. The van der Waals surface area contributed by atoms with Crippen molar-refractivity contribution in [2.75, 3.05) is 13.1 Å². The van der Waals surface area contributed by atoms with E-state index in [1.807, 2.05) is 19.1 Å². The van der Waals surface area contributed by atoms with E-state index < -0.39 is 0 Å². The molecule has 1 amide bonds. The number of hydrogen-bond donors (Lipinski definition) is 2. The van der Waals surface area contributed by atoms with Gasteiger partial charge in [0.25, 0.3) is 5.91 Å². The minimum absolute atomic E-state index is 0. The van der Waals surface area contributed by atoms with Crippen LogP contribution in [0, 0.1) is 6.92 Å². The third kappa shape index (κ3) is 4.20. The molecule has 0 spiro atoms. The summed E-state index contributed by atoms with van der Waals surface area (Å²) in [4.78, 5) is 11.5. The maximum Gasteiger partial charge on any atom is 0.251 e. The molecule has 84 valence electrons. The highest BCUT2D eigenvalue weighted by atomic mass is 79.9. The van der Waals surface area contributed by atoms with Crippen molar-refractivity contribution in [2.45, 2.75) is 6.92 Å². The average Bonchev–Trinajstić information content (AvgIpc) is 2.18. The lowest BCUT2D eigenvalue weighted by Crippen LogP contribution is -2.28. The first kappa shape index (κ1) is 14.4. The van der Waals surface area contributed by atoms with Gasteiger partial charge in [-0.25, -0.2) is 0 Å². The Kier molecular flexibility index (Phi) is 6.56. The number of halogens is 2. The van der Waals surface area contributed by atoms with Crippen molar-refractivity contribution >= 4 is 34.2 Å². The molecule has 0 saturated carbocycles. The number of hydrogen-bond acceptors (Lipinski definition) is 2. The predicted octanol–water partition coefficient (Wildman–Crippen LogP) is 1.87. The first-order valence-corrected chi connectivity index (χ1v) is 5.19. The minimum Gasteiger partial charge on any atom is -0.351 e. The summed E-state index contributed by atoms with van der Waals surface area (Å²) in [6.45, 7) is 2.92. The third-order valence-electron chi connectivity index (χ3n) is 1.85. The first-order valence-electron chi connectivity index (χ1n) is 4.39. The lowest BCUT2D eigenvalue weighted by Gasteiger charge is -2.05. The Morgan fingerprint density at radius 2 is 2.20 bits per heavy atom. The molecule has 0 aromatic heterocycles. The Labute approximate surface area is 104 Å². The molecule has 5 heteroatoms. The van der Waals surface area contributed by atoms with Crippen LogP contribution < -0.4 is 11.1 Å². The SMILES string of the molecule is Cc1cc(C(=O)NCCN)ccc1Br.Cl. The zero-order valence-electron chi connectivity index (χ0n) is 8.42. The summed E-state index contributed by atoms with van der Waals surface area (Å²) in [5.74, 6) is -0.0777. The van der Waals surface area contributed by atoms with Crippen LogP contribution in [0.2, 0.25) is 0 Å². The van der Waals surface area contributed by atoms with E-state index in [0.717, 1.165) is 10.0 Å². The van der Waals surface area contributed by atoms with Crippen molar-refractivity contribution in [1.82, 2.24) is 5.32 Å². The fraction of sp³-hybridized carbons (Fsp3) is 0.300. The molecule has 0 bridgehead atoms. The van der Waals surface area contributed by atoms with E-state index in [1.165, 1.54) is 0 Å². The van der Waals surface area contributed by atoms with Crippen LogP contribution in [0.25, 0.3) is 0 Å². The van der Waals surface area contributed by atoms with Crippen LogP contribution in [-0.2, 0) is 0 Å². The predicted molar refractivity (Wildman–Crippen MR) is 67.5 cm³/mol. The summed E-state index contributed by atoms with van der Waals surface area (Å²) in [6.07, 6.45) is 0. The standard InChI is InChI=1S/C10H13BrN2O.ClH/c1-7-6-8(2-3-9(7)11)10(14)13-5-4-12;/h2-3,6H,4-5,12H2,1H3,(H,13,14);1H. The maximum atomic E-state index is 11.5. The molecule has 3 N–H and O–H groups in total. The maximum absolute atomic E-state index is 11.5. The highest BCUT2D eigenvalue weighted by Gasteiger charge is 2.05. The topological polar surface area (TPSA) is 55.1 Å². The zero-order chi connectivity index (χ0) is 10.6. The summed E-state index contributed by atoms with van der Waals surface area (Å²) in [5.41, 5.74) is 7.00. The molecule has 0 aliphatic heterocycles. The summed E-state index contributed by atoms with van der Waals surface area (Å²) < 4.78 is 1.01. The fourth-order valence-electron chi connectivity index (χ4n) is 1.07. The van der Waals surface area contributed by atoms with E-state index in [1.54, 1.807) is 6.07 Å². The van der Waals surface area contributed by atoms with Crippen LogP contribution >= 0.6 is 28.3 Å². The second-order valence-electron chi connectivity index (χ2n) is 3.01. The van der Waals surface area contributed by atoms with E-state index in [-0.39, 0.29) is 18.3 Å². The van der Waals surface area contributed by atoms with Crippen molar-refractivity contribution in [1.29, 1.82) is 0 Å². The van der Waals surface area contributed by atoms with Crippen molar-refractivity contribution < 1.29 is 4.79 Å². The quantitative estimate of drug-likeness (QED) is 0.894. The average molecular weight is 294 g/mol. The van der Waals surface area contributed by atoms with Crippen molar-refractivity contribution in [2.24, 2.45) is 5.73 Å². The molecule has 0 saturated heterocycles. The Morgan fingerprint density at radius 3 is 2.73 bits per heavy atom. The van der Waals surface area contributed by atoms with Gasteiger partial charge in [0, 0.05) is 23.1 Å². The Morgan fingerprint density at radius 1 is 1.53 bits per heavy atom. The van der Waals surface area contributed by atoms with Crippen LogP contribution in [0.4, 0.5) is 0 Å². The minimum atomic E-state index is -0.0777. The van der Waals surface area contributed by atoms with E-state index in [9.17, 15) is 4.79 Å². The number of aryl methyl sites for hydroxylation is 1. The fourth-order valence-corrected chi connectivity index (χ4v) is 1.32. The first-order chi connectivity index (χ1) is 6.65. The smallest absolute Gasteiger partial charge is 0.251 e. The zero-order valence-corrected chi connectivity index (χ0v) is 10.8. The van der Waals surface area contributed by atoms with Gasteiger partial charge in [-0.3, -0.25) is 4.79 Å². The molecule has 0 atom stereocenters. The van der Waals surface area contributed by atoms with Gasteiger partial charge in [-0.1, -0.05) is 15.9 Å². The van der Waals surface area contributed by atoms with Crippen LogP contribution in [-0.4, -0.2) is 19.0 Å². The van der Waals surface area contributed by atoms with E-state index >= 15 is 0 Å². The summed E-state index contributed by atoms with van der Waals surface area (Å²) in [5, 5.41) is 2.72. The van der Waals surface area contributed by atoms with Gasteiger partial charge < -0.3 is 11.1 Å². The summed E-state index contributed by atoms with van der Waals surface area (Å²) >= 11 is 3.38. The molecule has 3 nitrogen and oxygen atoms in total. The van der Waals surface area contributed by atoms with E-state index in [2.05, 4.69) is 21.2 Å². The van der Waals surface area contributed by atoms with Gasteiger partial charge in [0.05, 0.1) is 0 Å². The van der Waals surface area contributed by atoms with Gasteiger partial charge in [-0.2, -0.15) is 0 Å². The van der Waals surface area contributed by atoms with Crippen molar-refractivity contribution in [3.05, 3.63) is 33.8 Å². The molecule has 0 aliphatic rings. The molecule has 15 heavy (non-hydrogen) atoms. The molecule has 0 unspecified atom stereocenters. The monoisotopic (exact) mass is 292 g/mol. The second-order valence-corrected chi connectivity index (χ2v) is 3.86. The van der Waals surface area contributed by atoms with E-state index in [4.69, 9.17) is 5.73 Å². The van der Waals surface area contributed by atoms with Gasteiger partial charge in [0.1, 0.15) is 0 Å². The summed E-state index contributed by atoms with van der Waals surface area (Å²) in [6, 6.07) is 5.49.